The summed E-state index contributed by atoms with van der Waals surface area (Å²) in [4.78, 5) is 24.4. The van der Waals surface area contributed by atoms with E-state index in [1.54, 1.807) is 6.07 Å². The van der Waals surface area contributed by atoms with Crippen molar-refractivity contribution in [2.45, 2.75) is 13.0 Å². The van der Waals surface area contributed by atoms with E-state index < -0.39 is 23.7 Å². The molecule has 1 atom stereocenters. The number of benzene rings is 1. The molecule has 1 fully saturated rings. The van der Waals surface area contributed by atoms with Crippen molar-refractivity contribution in [1.29, 1.82) is 0 Å². The second kappa shape index (κ2) is 5.72. The lowest BCUT2D eigenvalue weighted by atomic mass is 10.2. The maximum atomic E-state index is 13.1. The third-order valence-electron chi connectivity index (χ3n) is 2.71. The van der Waals surface area contributed by atoms with Crippen molar-refractivity contribution >= 4 is 46.3 Å². The number of hydrogen-bond acceptors (Lipinski definition) is 4. The number of nitrogens with zero attached hydrogens (tertiary/aromatic N) is 1. The highest BCUT2D eigenvalue weighted by molar-refractivity contribution is 8.26. The zero-order valence-corrected chi connectivity index (χ0v) is 12.0. The highest BCUT2D eigenvalue weighted by atomic mass is 32.2. The molecule has 0 aliphatic carbocycles. The normalized spacial score (nSPS) is 18.7. The van der Waals surface area contributed by atoms with Crippen LogP contribution < -0.4 is 0 Å². The van der Waals surface area contributed by atoms with Gasteiger partial charge in [-0.3, -0.25) is 9.69 Å². The van der Waals surface area contributed by atoms with Crippen molar-refractivity contribution < 1.29 is 19.1 Å². The summed E-state index contributed by atoms with van der Waals surface area (Å²) in [5.41, 5.74) is 0.522. The third kappa shape index (κ3) is 2.88. The standard InChI is InChI=1S/C13H10FNO3S2/c1-7(12(17)18)15-11(16)10(20-13(15)19)6-8-3-2-4-9(14)5-8/h2-7H,1H3,(H,17,18)/t7-/m0/s1. The van der Waals surface area contributed by atoms with Crippen LogP contribution >= 0.6 is 24.0 Å². The van der Waals surface area contributed by atoms with Gasteiger partial charge in [0.1, 0.15) is 16.2 Å². The first-order chi connectivity index (χ1) is 9.40. The molecule has 20 heavy (non-hydrogen) atoms. The first-order valence-electron chi connectivity index (χ1n) is 5.65. The summed E-state index contributed by atoms with van der Waals surface area (Å²) in [7, 11) is 0. The molecule has 0 bridgehead atoms. The van der Waals surface area contributed by atoms with Gasteiger partial charge in [0.2, 0.25) is 0 Å². The Labute approximate surface area is 124 Å². The number of carboxylic acids is 1. The molecule has 1 saturated heterocycles. The molecule has 1 amide bonds. The van der Waals surface area contributed by atoms with E-state index in [0.717, 1.165) is 16.7 Å². The summed E-state index contributed by atoms with van der Waals surface area (Å²) >= 11 is 6.03. The summed E-state index contributed by atoms with van der Waals surface area (Å²) in [5, 5.41) is 8.96. The fourth-order valence-electron chi connectivity index (χ4n) is 1.67. The summed E-state index contributed by atoms with van der Waals surface area (Å²) in [6, 6.07) is 4.74. The van der Waals surface area contributed by atoms with Crippen molar-refractivity contribution in [2.75, 3.05) is 0 Å². The highest BCUT2D eigenvalue weighted by Gasteiger charge is 2.38. The molecule has 0 aromatic heterocycles. The number of thiocarbonyl (C=S) groups is 1. The van der Waals surface area contributed by atoms with Crippen LogP contribution in [0.15, 0.2) is 29.2 Å². The molecule has 0 spiro atoms. The molecule has 1 aliphatic rings. The lowest BCUT2D eigenvalue weighted by Gasteiger charge is -2.18. The molecular weight excluding hydrogens is 301 g/mol. The van der Waals surface area contributed by atoms with E-state index in [9.17, 15) is 14.0 Å². The molecule has 0 radical (unpaired) electrons. The average molecular weight is 311 g/mol. The Bertz CT molecular complexity index is 630. The zero-order valence-electron chi connectivity index (χ0n) is 10.4. The smallest absolute Gasteiger partial charge is 0.326 e. The number of carboxylic acid groups (broad SMARTS) is 1. The fraction of sp³-hybridized carbons (Fsp3) is 0.154. The van der Waals surface area contributed by atoms with Gasteiger partial charge in [0.25, 0.3) is 5.91 Å². The van der Waals surface area contributed by atoms with Gasteiger partial charge < -0.3 is 5.11 Å². The number of amides is 1. The summed E-state index contributed by atoms with van der Waals surface area (Å²) in [6.07, 6.45) is 1.50. The SMILES string of the molecule is C[C@@H](C(=O)O)N1C(=O)C(=Cc2cccc(F)c2)SC1=S. The van der Waals surface area contributed by atoms with Crippen LogP contribution in [0.4, 0.5) is 4.39 Å². The van der Waals surface area contributed by atoms with Crippen molar-refractivity contribution in [1.82, 2.24) is 4.90 Å². The van der Waals surface area contributed by atoms with Crippen LogP contribution in [0, 0.1) is 5.82 Å². The Morgan fingerprint density at radius 3 is 2.85 bits per heavy atom. The molecule has 7 heteroatoms. The monoisotopic (exact) mass is 311 g/mol. The van der Waals surface area contributed by atoms with Gasteiger partial charge in [-0.2, -0.15) is 0 Å². The van der Waals surface area contributed by atoms with Crippen LogP contribution in [0.3, 0.4) is 0 Å². The largest absolute Gasteiger partial charge is 0.480 e. The van der Waals surface area contributed by atoms with Crippen LogP contribution in [-0.4, -0.2) is 32.2 Å². The predicted molar refractivity (Wildman–Crippen MR) is 78.5 cm³/mol. The summed E-state index contributed by atoms with van der Waals surface area (Å²) in [6.45, 7) is 1.39. The molecular formula is C13H10FNO3S2. The number of rotatable bonds is 3. The predicted octanol–water partition coefficient (Wildman–Crippen LogP) is 2.50. The Morgan fingerprint density at radius 1 is 1.55 bits per heavy atom. The molecule has 1 aliphatic heterocycles. The second-order valence-electron chi connectivity index (χ2n) is 4.12. The van der Waals surface area contributed by atoms with Gasteiger partial charge in [-0.25, -0.2) is 9.18 Å². The fourth-order valence-corrected chi connectivity index (χ4v) is 3.09. The number of hydrogen-bond donors (Lipinski definition) is 1. The van der Waals surface area contributed by atoms with E-state index in [2.05, 4.69) is 0 Å². The quantitative estimate of drug-likeness (QED) is 0.686. The number of carbonyl (C=O) groups is 2. The molecule has 0 unspecified atom stereocenters. The first kappa shape index (κ1) is 14.7. The molecule has 0 saturated carbocycles. The first-order valence-corrected chi connectivity index (χ1v) is 6.88. The Balaban J connectivity index is 2.30. The average Bonchev–Trinajstić information content (AvgIpc) is 2.63. The molecule has 104 valence electrons. The van der Waals surface area contributed by atoms with E-state index in [4.69, 9.17) is 17.3 Å². The lowest BCUT2D eigenvalue weighted by molar-refractivity contribution is -0.144. The topological polar surface area (TPSA) is 57.6 Å². The van der Waals surface area contributed by atoms with E-state index in [1.807, 2.05) is 0 Å². The maximum absolute atomic E-state index is 13.1. The molecule has 1 aromatic carbocycles. The molecule has 1 aromatic rings. The number of thioether (sulfide) groups is 1. The molecule has 2 rings (SSSR count). The zero-order chi connectivity index (χ0) is 14.9. The van der Waals surface area contributed by atoms with Crippen molar-refractivity contribution in [3.05, 3.63) is 40.6 Å². The van der Waals surface area contributed by atoms with E-state index in [-0.39, 0.29) is 9.23 Å². The second-order valence-corrected chi connectivity index (χ2v) is 5.80. The number of halogens is 1. The molecule has 1 N–H and O–H groups in total. The maximum Gasteiger partial charge on any atom is 0.326 e. The van der Waals surface area contributed by atoms with E-state index in [1.165, 1.54) is 31.2 Å². The van der Waals surface area contributed by atoms with Crippen LogP contribution in [0.2, 0.25) is 0 Å². The summed E-state index contributed by atoms with van der Waals surface area (Å²) in [5.74, 6) is -2.01. The highest BCUT2D eigenvalue weighted by Crippen LogP contribution is 2.33. The van der Waals surface area contributed by atoms with Crippen molar-refractivity contribution in [2.24, 2.45) is 0 Å². The van der Waals surface area contributed by atoms with Gasteiger partial charge in [-0.1, -0.05) is 36.1 Å². The Kier molecular flexibility index (Phi) is 4.20. The van der Waals surface area contributed by atoms with Gasteiger partial charge in [0, 0.05) is 0 Å². The van der Waals surface area contributed by atoms with Gasteiger partial charge in [0.15, 0.2) is 0 Å². The van der Waals surface area contributed by atoms with Crippen LogP contribution in [-0.2, 0) is 9.59 Å². The van der Waals surface area contributed by atoms with E-state index in [0.29, 0.717) is 5.56 Å². The van der Waals surface area contributed by atoms with Crippen LogP contribution in [0.5, 0.6) is 0 Å². The Morgan fingerprint density at radius 2 is 2.25 bits per heavy atom. The summed E-state index contributed by atoms with van der Waals surface area (Å²) < 4.78 is 13.3. The minimum absolute atomic E-state index is 0.188. The van der Waals surface area contributed by atoms with Gasteiger partial charge in [0.05, 0.1) is 4.91 Å². The Hall–Kier alpha value is -1.73. The third-order valence-corrected chi connectivity index (χ3v) is 4.05. The lowest BCUT2D eigenvalue weighted by Crippen LogP contribution is -2.41. The minimum atomic E-state index is -1.13. The van der Waals surface area contributed by atoms with Crippen molar-refractivity contribution in [3.8, 4) is 0 Å². The number of aliphatic carboxylic acids is 1. The molecule has 4 nitrogen and oxygen atoms in total. The minimum Gasteiger partial charge on any atom is -0.480 e. The number of carbonyl (C=O) groups excluding carboxylic acids is 1. The van der Waals surface area contributed by atoms with Gasteiger partial charge in [-0.15, -0.1) is 0 Å². The van der Waals surface area contributed by atoms with Crippen LogP contribution in [0.1, 0.15) is 12.5 Å². The van der Waals surface area contributed by atoms with Crippen LogP contribution in [0.25, 0.3) is 6.08 Å². The molecule has 1 heterocycles. The van der Waals surface area contributed by atoms with Crippen molar-refractivity contribution in [3.63, 3.8) is 0 Å². The van der Waals surface area contributed by atoms with Gasteiger partial charge in [-0.05, 0) is 30.7 Å². The van der Waals surface area contributed by atoms with Gasteiger partial charge >= 0.3 is 5.97 Å². The van der Waals surface area contributed by atoms with E-state index >= 15 is 0 Å².